The first-order valence-electron chi connectivity index (χ1n) is 15.1. The maximum atomic E-state index is 14.6. The van der Waals surface area contributed by atoms with Gasteiger partial charge in [0.25, 0.3) is 5.91 Å². The minimum atomic E-state index is -1.38. The van der Waals surface area contributed by atoms with Crippen LogP contribution in [0.2, 0.25) is 0 Å². The molecule has 41 heavy (non-hydrogen) atoms. The van der Waals surface area contributed by atoms with Gasteiger partial charge >= 0.3 is 5.97 Å². The van der Waals surface area contributed by atoms with Crippen LogP contribution >= 0.6 is 0 Å². The average molecular weight is 566 g/mol. The van der Waals surface area contributed by atoms with Gasteiger partial charge in [-0.2, -0.15) is 0 Å². The minimum absolute atomic E-state index is 0.265. The van der Waals surface area contributed by atoms with E-state index in [-0.39, 0.29) is 25.0 Å². The Morgan fingerprint density at radius 2 is 1.73 bits per heavy atom. The Labute approximate surface area is 242 Å². The summed E-state index contributed by atoms with van der Waals surface area (Å²) in [5.41, 5.74) is -0.683. The fourth-order valence-electron chi connectivity index (χ4n) is 7.29. The summed E-state index contributed by atoms with van der Waals surface area (Å²) in [6.07, 6.45) is 9.94. The SMILES string of the molecule is CC[C@@H](CO)N1C(=O)[C@@H]2[C@@H]3C(=O)OCCC/C=C\[C@]3(CC)O[C@@]23C=CCN(c2ccc(N(CC)CC)cc2)C(=O)C13. The molecule has 5 rings (SSSR count). The fraction of sp³-hybridized carbons (Fsp3) is 0.594. The van der Waals surface area contributed by atoms with Crippen molar-refractivity contribution >= 4 is 29.2 Å². The molecule has 0 bridgehead atoms. The fourth-order valence-corrected chi connectivity index (χ4v) is 7.29. The number of carbonyl (C=O) groups is 3. The summed E-state index contributed by atoms with van der Waals surface area (Å²) < 4.78 is 12.6. The first kappa shape index (κ1) is 29.3. The van der Waals surface area contributed by atoms with Crippen molar-refractivity contribution in [2.45, 2.75) is 76.7 Å². The van der Waals surface area contributed by atoms with Gasteiger partial charge in [0.05, 0.1) is 25.2 Å². The molecule has 9 heteroatoms. The zero-order chi connectivity index (χ0) is 29.4. The third-order valence-corrected chi connectivity index (χ3v) is 9.44. The number of allylic oxidation sites excluding steroid dienone is 1. The van der Waals surface area contributed by atoms with E-state index in [2.05, 4.69) is 18.7 Å². The highest BCUT2D eigenvalue weighted by molar-refractivity contribution is 6.05. The van der Waals surface area contributed by atoms with Crippen LogP contribution in [0.4, 0.5) is 11.4 Å². The van der Waals surface area contributed by atoms with Crippen LogP contribution in [0, 0.1) is 11.8 Å². The van der Waals surface area contributed by atoms with E-state index in [1.54, 1.807) is 4.90 Å². The molecule has 1 aromatic rings. The van der Waals surface area contributed by atoms with Gasteiger partial charge in [0, 0.05) is 31.0 Å². The van der Waals surface area contributed by atoms with Gasteiger partial charge in [0.1, 0.15) is 23.2 Å². The molecule has 6 atom stereocenters. The predicted molar refractivity (Wildman–Crippen MR) is 156 cm³/mol. The second-order valence-corrected chi connectivity index (χ2v) is 11.4. The number of anilines is 2. The van der Waals surface area contributed by atoms with Gasteiger partial charge in [0.15, 0.2) is 0 Å². The molecule has 0 radical (unpaired) electrons. The second kappa shape index (κ2) is 11.6. The summed E-state index contributed by atoms with van der Waals surface area (Å²) >= 11 is 0. The van der Waals surface area contributed by atoms with Crippen molar-refractivity contribution in [3.63, 3.8) is 0 Å². The summed E-state index contributed by atoms with van der Waals surface area (Å²) in [4.78, 5) is 48.1. The van der Waals surface area contributed by atoms with Gasteiger partial charge in [-0.1, -0.05) is 38.2 Å². The normalized spacial score (nSPS) is 32.7. The lowest BCUT2D eigenvalue weighted by Crippen LogP contribution is -2.59. The molecule has 0 aliphatic carbocycles. The summed E-state index contributed by atoms with van der Waals surface area (Å²) in [5.74, 6) is -2.97. The van der Waals surface area contributed by atoms with Gasteiger partial charge in [-0.15, -0.1) is 0 Å². The van der Waals surface area contributed by atoms with Crippen LogP contribution in [0.15, 0.2) is 48.6 Å². The van der Waals surface area contributed by atoms with Gasteiger partial charge in [0.2, 0.25) is 5.91 Å². The molecule has 4 heterocycles. The number of aliphatic hydroxyl groups is 1. The van der Waals surface area contributed by atoms with Crippen LogP contribution in [-0.2, 0) is 23.9 Å². The highest BCUT2D eigenvalue weighted by Crippen LogP contribution is 2.58. The van der Waals surface area contributed by atoms with Gasteiger partial charge in [-0.25, -0.2) is 0 Å². The number of esters is 1. The van der Waals surface area contributed by atoms with Crippen molar-refractivity contribution in [3.05, 3.63) is 48.6 Å². The lowest BCUT2D eigenvalue weighted by Gasteiger charge is -2.40. The number of likely N-dealkylation sites (tertiary alicyclic amines) is 1. The molecule has 1 N–H and O–H groups in total. The number of rotatable bonds is 8. The molecule has 1 aromatic carbocycles. The number of hydrogen-bond acceptors (Lipinski definition) is 7. The molecule has 1 spiro atoms. The molecular formula is C32H43N3O6. The maximum Gasteiger partial charge on any atom is 0.313 e. The first-order chi connectivity index (χ1) is 19.8. The van der Waals surface area contributed by atoms with E-state index in [4.69, 9.17) is 9.47 Å². The summed E-state index contributed by atoms with van der Waals surface area (Å²) in [6, 6.07) is 6.23. The monoisotopic (exact) mass is 565 g/mol. The van der Waals surface area contributed by atoms with Crippen LogP contribution in [-0.4, -0.2) is 83.9 Å². The Morgan fingerprint density at radius 3 is 2.37 bits per heavy atom. The number of fused-ring (bicyclic) bond motifs is 2. The predicted octanol–water partition coefficient (Wildman–Crippen LogP) is 3.46. The van der Waals surface area contributed by atoms with Crippen LogP contribution in [0.3, 0.4) is 0 Å². The molecule has 222 valence electrons. The van der Waals surface area contributed by atoms with E-state index >= 15 is 0 Å². The van der Waals surface area contributed by atoms with E-state index in [1.807, 2.05) is 62.4 Å². The Balaban J connectivity index is 1.63. The van der Waals surface area contributed by atoms with Crippen molar-refractivity contribution < 1.29 is 29.0 Å². The third-order valence-electron chi connectivity index (χ3n) is 9.44. The quantitative estimate of drug-likeness (QED) is 0.381. The second-order valence-electron chi connectivity index (χ2n) is 11.4. The number of aliphatic hydroxyl groups excluding tert-OH is 1. The van der Waals surface area contributed by atoms with E-state index in [0.717, 1.165) is 25.2 Å². The highest BCUT2D eigenvalue weighted by atomic mass is 16.6. The summed E-state index contributed by atoms with van der Waals surface area (Å²) in [6.45, 7) is 10.0. The Kier molecular flexibility index (Phi) is 8.30. The van der Waals surface area contributed by atoms with Crippen molar-refractivity contribution in [2.75, 3.05) is 42.6 Å². The van der Waals surface area contributed by atoms with Crippen LogP contribution in [0.5, 0.6) is 0 Å². The number of ether oxygens (including phenoxy) is 2. The largest absolute Gasteiger partial charge is 0.465 e. The third kappa shape index (κ3) is 4.57. The molecule has 1 unspecified atom stereocenters. The molecule has 4 aliphatic rings. The smallest absolute Gasteiger partial charge is 0.313 e. The van der Waals surface area contributed by atoms with E-state index < -0.39 is 41.1 Å². The van der Waals surface area contributed by atoms with Crippen molar-refractivity contribution in [1.29, 1.82) is 0 Å². The molecule has 2 amide bonds. The summed E-state index contributed by atoms with van der Waals surface area (Å²) in [5, 5.41) is 10.3. The van der Waals surface area contributed by atoms with Crippen molar-refractivity contribution in [2.24, 2.45) is 11.8 Å². The topological polar surface area (TPSA) is 99.6 Å². The maximum absolute atomic E-state index is 14.6. The van der Waals surface area contributed by atoms with E-state index in [1.165, 1.54) is 4.90 Å². The van der Waals surface area contributed by atoms with Gasteiger partial charge in [-0.3, -0.25) is 14.4 Å². The Hall–Kier alpha value is -3.17. The first-order valence-corrected chi connectivity index (χ1v) is 15.1. The molecule has 0 saturated carbocycles. The molecule has 9 nitrogen and oxygen atoms in total. The molecular weight excluding hydrogens is 522 g/mol. The van der Waals surface area contributed by atoms with Crippen LogP contribution < -0.4 is 9.80 Å². The zero-order valence-corrected chi connectivity index (χ0v) is 24.6. The van der Waals surface area contributed by atoms with Crippen LogP contribution in [0.25, 0.3) is 0 Å². The molecule has 2 saturated heterocycles. The zero-order valence-electron chi connectivity index (χ0n) is 24.6. The van der Waals surface area contributed by atoms with Crippen LogP contribution in [0.1, 0.15) is 53.4 Å². The number of amides is 2. The van der Waals surface area contributed by atoms with E-state index in [0.29, 0.717) is 31.5 Å². The average Bonchev–Trinajstić information content (AvgIpc) is 3.36. The lowest BCUT2D eigenvalue weighted by molar-refractivity contribution is -0.161. The number of benzene rings is 1. The number of nitrogens with zero attached hydrogens (tertiary/aromatic N) is 3. The Bertz CT molecular complexity index is 1210. The van der Waals surface area contributed by atoms with Gasteiger partial charge < -0.3 is 29.3 Å². The molecule has 4 aliphatic heterocycles. The van der Waals surface area contributed by atoms with Crippen molar-refractivity contribution in [3.8, 4) is 0 Å². The molecule has 2 fully saturated rings. The minimum Gasteiger partial charge on any atom is -0.465 e. The Morgan fingerprint density at radius 1 is 1.00 bits per heavy atom. The van der Waals surface area contributed by atoms with Gasteiger partial charge in [-0.05, 0) is 63.8 Å². The van der Waals surface area contributed by atoms with E-state index in [9.17, 15) is 19.5 Å². The van der Waals surface area contributed by atoms with Crippen molar-refractivity contribution in [1.82, 2.24) is 4.90 Å². The number of carbonyl (C=O) groups excluding carboxylic acids is 3. The molecule has 0 aromatic heterocycles. The number of cyclic esters (lactones) is 1. The standard InChI is InChI=1S/C32H43N3O6/c1-5-22(21-36)35-27-29(38)34(24-15-13-23(14-16-24)33(7-3)8-4)19-12-18-32(27)25(28(35)37)26-30(39)40-20-11-9-10-17-31(26,6-2)41-32/h10,12-18,22,25-27,36H,5-9,11,19-21H2,1-4H3/b17-10-/t22-,25-,26+,27?,31-,32-/m0/s1. The number of hydrogen-bond donors (Lipinski definition) is 1. The lowest BCUT2D eigenvalue weighted by atomic mass is 9.73. The highest BCUT2D eigenvalue weighted by Gasteiger charge is 2.75. The summed E-state index contributed by atoms with van der Waals surface area (Å²) in [7, 11) is 0.